The molecule has 0 unspecified atom stereocenters. The molecule has 0 aliphatic rings. The maximum absolute atomic E-state index is 13.8. The van der Waals surface area contributed by atoms with Gasteiger partial charge in [-0.05, 0) is 58.5 Å². The van der Waals surface area contributed by atoms with Gasteiger partial charge in [0.15, 0.2) is 6.61 Å². The molecule has 11 nitrogen and oxygen atoms in total. The molecule has 0 saturated carbocycles. The number of carboxylic acid groups (broad SMARTS) is 2. The van der Waals surface area contributed by atoms with Gasteiger partial charge >= 0.3 is 11.9 Å². The number of carbonyl (C=O) groups excluding carboxylic acids is 3. The SMILES string of the molecule is CNC(=O)[C@H](Cc1ccc(OCC(=O)O)cc1)NC(=O)[C@H](Cc1ccc(-c2ccccc2)cc1)NC(=O)[C@@H](C)Cc1ccc(C(=O)O)cc1. The van der Waals surface area contributed by atoms with Crippen LogP contribution in [0.25, 0.3) is 11.1 Å². The van der Waals surface area contributed by atoms with E-state index < -0.39 is 48.4 Å². The summed E-state index contributed by atoms with van der Waals surface area (Å²) >= 11 is 0. The van der Waals surface area contributed by atoms with Crippen molar-refractivity contribution in [3.8, 4) is 16.9 Å². The van der Waals surface area contributed by atoms with Crippen molar-refractivity contribution >= 4 is 29.7 Å². The van der Waals surface area contributed by atoms with E-state index in [4.69, 9.17) is 9.84 Å². The minimum atomic E-state index is -1.11. The van der Waals surface area contributed by atoms with Crippen LogP contribution in [0.1, 0.15) is 34.0 Å². The summed E-state index contributed by atoms with van der Waals surface area (Å²) in [5, 5.41) is 26.3. The fourth-order valence-corrected chi connectivity index (χ4v) is 5.21. The number of ether oxygens (including phenoxy) is 1. The Bertz CT molecular complexity index is 1740. The van der Waals surface area contributed by atoms with Crippen LogP contribution >= 0.6 is 0 Å². The van der Waals surface area contributed by atoms with Crippen LogP contribution < -0.4 is 20.7 Å². The lowest BCUT2D eigenvalue weighted by molar-refractivity contribution is -0.139. The standard InChI is InChI=1S/C38H39N3O8/c1-24(20-25-10-16-30(17-11-25)38(47)48)35(44)40-33(22-26-8-14-29(15-9-26)28-6-4-3-5-7-28)37(46)41-32(36(45)39-2)21-27-12-18-31(19-13-27)49-23-34(42)43/h3-19,24,32-33H,20-23H2,1-2H3,(H,39,45)(H,40,44)(H,41,46)(H,42,43)(H,47,48)/t24-,32-,33-/m0/s1. The predicted octanol–water partition coefficient (Wildman–Crippen LogP) is 3.89. The minimum Gasteiger partial charge on any atom is -0.482 e. The Morgan fingerprint density at radius 3 is 1.65 bits per heavy atom. The van der Waals surface area contributed by atoms with E-state index in [0.29, 0.717) is 17.7 Å². The van der Waals surface area contributed by atoms with Gasteiger partial charge in [-0.2, -0.15) is 0 Å². The van der Waals surface area contributed by atoms with Crippen molar-refractivity contribution < 1.29 is 38.9 Å². The summed E-state index contributed by atoms with van der Waals surface area (Å²) in [7, 11) is 1.46. The second-order valence-electron chi connectivity index (χ2n) is 11.6. The van der Waals surface area contributed by atoms with Crippen LogP contribution in [0.2, 0.25) is 0 Å². The maximum atomic E-state index is 13.8. The quantitative estimate of drug-likeness (QED) is 0.120. The molecular weight excluding hydrogens is 626 g/mol. The summed E-state index contributed by atoms with van der Waals surface area (Å²) in [4.78, 5) is 62.2. The smallest absolute Gasteiger partial charge is 0.341 e. The fraction of sp³-hybridized carbons (Fsp3) is 0.237. The number of amides is 3. The Morgan fingerprint density at radius 1 is 0.612 bits per heavy atom. The zero-order valence-corrected chi connectivity index (χ0v) is 27.2. The highest BCUT2D eigenvalue weighted by atomic mass is 16.5. The molecule has 11 heteroatoms. The first-order chi connectivity index (χ1) is 23.5. The average Bonchev–Trinajstić information content (AvgIpc) is 3.11. The van der Waals surface area contributed by atoms with Gasteiger partial charge in [0.2, 0.25) is 17.7 Å². The molecule has 5 N–H and O–H groups in total. The van der Waals surface area contributed by atoms with Gasteiger partial charge in [-0.25, -0.2) is 9.59 Å². The van der Waals surface area contributed by atoms with Crippen LogP contribution in [-0.2, 0) is 38.4 Å². The number of aromatic carboxylic acids is 1. The first-order valence-corrected chi connectivity index (χ1v) is 15.7. The van der Waals surface area contributed by atoms with E-state index in [2.05, 4.69) is 16.0 Å². The van der Waals surface area contributed by atoms with Crippen molar-refractivity contribution in [1.29, 1.82) is 0 Å². The molecule has 0 radical (unpaired) electrons. The molecule has 0 spiro atoms. The molecule has 0 bridgehead atoms. The molecule has 0 aliphatic carbocycles. The van der Waals surface area contributed by atoms with Crippen molar-refractivity contribution in [3.05, 3.63) is 125 Å². The normalized spacial score (nSPS) is 12.5. The second kappa shape index (κ2) is 17.3. The summed E-state index contributed by atoms with van der Waals surface area (Å²) in [5.74, 6) is -3.72. The van der Waals surface area contributed by atoms with Crippen molar-refractivity contribution in [2.24, 2.45) is 5.92 Å². The number of hydrogen-bond donors (Lipinski definition) is 5. The second-order valence-corrected chi connectivity index (χ2v) is 11.6. The molecule has 0 aromatic heterocycles. The Morgan fingerprint density at radius 2 is 1.10 bits per heavy atom. The lowest BCUT2D eigenvalue weighted by Gasteiger charge is -2.24. The van der Waals surface area contributed by atoms with Crippen molar-refractivity contribution in [2.75, 3.05) is 13.7 Å². The van der Waals surface area contributed by atoms with E-state index in [1.54, 1.807) is 43.3 Å². The number of likely N-dealkylation sites (N-methyl/N-ethyl adjacent to an activating group) is 1. The molecule has 3 amide bonds. The first-order valence-electron chi connectivity index (χ1n) is 15.7. The molecule has 3 atom stereocenters. The van der Waals surface area contributed by atoms with Gasteiger partial charge in [0.25, 0.3) is 0 Å². The fourth-order valence-electron chi connectivity index (χ4n) is 5.21. The average molecular weight is 666 g/mol. The maximum Gasteiger partial charge on any atom is 0.341 e. The van der Waals surface area contributed by atoms with Crippen molar-refractivity contribution in [3.63, 3.8) is 0 Å². The molecule has 0 aliphatic heterocycles. The summed E-state index contributed by atoms with van der Waals surface area (Å²) < 4.78 is 5.18. The van der Waals surface area contributed by atoms with E-state index in [0.717, 1.165) is 22.3 Å². The van der Waals surface area contributed by atoms with Crippen LogP contribution in [0.5, 0.6) is 5.75 Å². The highest BCUT2D eigenvalue weighted by Gasteiger charge is 2.28. The lowest BCUT2D eigenvalue weighted by Crippen LogP contribution is -2.55. The zero-order chi connectivity index (χ0) is 35.3. The Balaban J connectivity index is 1.51. The molecule has 0 heterocycles. The van der Waals surface area contributed by atoms with Crippen molar-refractivity contribution in [1.82, 2.24) is 16.0 Å². The third-order valence-electron chi connectivity index (χ3n) is 7.93. The van der Waals surface area contributed by atoms with Crippen LogP contribution in [0, 0.1) is 5.92 Å². The van der Waals surface area contributed by atoms with Crippen LogP contribution in [-0.4, -0.2) is 65.6 Å². The topological polar surface area (TPSA) is 171 Å². The lowest BCUT2D eigenvalue weighted by atomic mass is 9.97. The molecular formula is C38H39N3O8. The largest absolute Gasteiger partial charge is 0.482 e. The van der Waals surface area contributed by atoms with Gasteiger partial charge in [0.05, 0.1) is 5.56 Å². The van der Waals surface area contributed by atoms with E-state index >= 15 is 0 Å². The van der Waals surface area contributed by atoms with Gasteiger partial charge < -0.3 is 30.9 Å². The Hall–Kier alpha value is -5.97. The molecule has 4 aromatic carbocycles. The van der Waals surface area contributed by atoms with Gasteiger partial charge in [-0.3, -0.25) is 14.4 Å². The Kier molecular flexibility index (Phi) is 12.6. The summed E-state index contributed by atoms with van der Waals surface area (Å²) in [6, 6.07) is 28.3. The molecule has 4 aromatic rings. The Labute approximate surface area is 284 Å². The van der Waals surface area contributed by atoms with Gasteiger partial charge in [0, 0.05) is 25.8 Å². The predicted molar refractivity (Wildman–Crippen MR) is 183 cm³/mol. The number of benzene rings is 4. The number of hydrogen-bond acceptors (Lipinski definition) is 6. The highest BCUT2D eigenvalue weighted by Crippen LogP contribution is 2.20. The monoisotopic (exact) mass is 665 g/mol. The molecule has 254 valence electrons. The van der Waals surface area contributed by atoms with E-state index in [-0.39, 0.29) is 24.3 Å². The highest BCUT2D eigenvalue weighted by molar-refractivity contribution is 5.93. The number of rotatable bonds is 16. The number of nitrogens with one attached hydrogen (secondary N) is 3. The number of aliphatic carboxylic acids is 1. The third kappa shape index (κ3) is 10.8. The summed E-state index contributed by atoms with van der Waals surface area (Å²) in [6.45, 7) is 1.23. The zero-order valence-electron chi connectivity index (χ0n) is 27.2. The third-order valence-corrected chi connectivity index (χ3v) is 7.93. The van der Waals surface area contributed by atoms with E-state index in [1.165, 1.54) is 19.2 Å². The summed E-state index contributed by atoms with van der Waals surface area (Å²) in [5.41, 5.74) is 4.43. The molecule has 0 fully saturated rings. The summed E-state index contributed by atoms with van der Waals surface area (Å²) in [6.07, 6.45) is 0.599. The van der Waals surface area contributed by atoms with Gasteiger partial charge in [0.1, 0.15) is 17.8 Å². The van der Waals surface area contributed by atoms with Crippen LogP contribution in [0.3, 0.4) is 0 Å². The van der Waals surface area contributed by atoms with E-state index in [9.17, 15) is 29.1 Å². The van der Waals surface area contributed by atoms with Crippen LogP contribution in [0.15, 0.2) is 103 Å². The minimum absolute atomic E-state index is 0.125. The van der Waals surface area contributed by atoms with Crippen molar-refractivity contribution in [2.45, 2.75) is 38.3 Å². The first kappa shape index (κ1) is 35.9. The van der Waals surface area contributed by atoms with Crippen LogP contribution in [0.4, 0.5) is 0 Å². The number of carboxylic acids is 2. The van der Waals surface area contributed by atoms with Gasteiger partial charge in [-0.1, -0.05) is 85.8 Å². The molecule has 49 heavy (non-hydrogen) atoms. The molecule has 4 rings (SSSR count). The molecule has 0 saturated heterocycles. The van der Waals surface area contributed by atoms with E-state index in [1.807, 2.05) is 54.6 Å². The van der Waals surface area contributed by atoms with Gasteiger partial charge in [-0.15, -0.1) is 0 Å². The number of carbonyl (C=O) groups is 5.